The van der Waals surface area contributed by atoms with Gasteiger partial charge in [0.15, 0.2) is 0 Å². The Bertz CT molecular complexity index is 461. The van der Waals surface area contributed by atoms with Crippen LogP contribution in [0.2, 0.25) is 0 Å². The van der Waals surface area contributed by atoms with Crippen LogP contribution in [0.1, 0.15) is 46.0 Å². The fourth-order valence-corrected chi connectivity index (χ4v) is 2.98. The van der Waals surface area contributed by atoms with Gasteiger partial charge in [-0.25, -0.2) is 4.79 Å². The van der Waals surface area contributed by atoms with Gasteiger partial charge in [0, 0.05) is 0 Å². The monoisotopic (exact) mass is 264 g/mol. The molecule has 5 nitrogen and oxygen atoms in total. The first-order chi connectivity index (χ1) is 8.99. The third-order valence-corrected chi connectivity index (χ3v) is 4.21. The second-order valence-electron chi connectivity index (χ2n) is 5.40. The first-order valence-corrected chi connectivity index (χ1v) is 6.80. The Hall–Kier alpha value is -1.65. The molecule has 2 N–H and O–H groups in total. The molecule has 1 atom stereocenters. The molecule has 2 rings (SSSR count). The molecule has 1 fully saturated rings. The van der Waals surface area contributed by atoms with Crippen molar-refractivity contribution in [3.8, 4) is 0 Å². The summed E-state index contributed by atoms with van der Waals surface area (Å²) in [4.78, 5) is 27.7. The Morgan fingerprint density at radius 3 is 2.58 bits per heavy atom. The maximum absolute atomic E-state index is 12.2. The third-order valence-electron chi connectivity index (χ3n) is 4.21. The second kappa shape index (κ2) is 5.15. The summed E-state index contributed by atoms with van der Waals surface area (Å²) in [6.45, 7) is 3.45. The minimum absolute atomic E-state index is 0.0629. The highest BCUT2D eigenvalue weighted by Gasteiger charge is 2.46. The van der Waals surface area contributed by atoms with Crippen LogP contribution in [0.5, 0.6) is 0 Å². The van der Waals surface area contributed by atoms with E-state index in [4.69, 9.17) is 5.11 Å². The van der Waals surface area contributed by atoms with Crippen molar-refractivity contribution >= 4 is 17.7 Å². The maximum atomic E-state index is 12.2. The zero-order valence-electron chi connectivity index (χ0n) is 11.4. The van der Waals surface area contributed by atoms with Crippen molar-refractivity contribution in [2.45, 2.75) is 51.5 Å². The largest absolute Gasteiger partial charge is 0.478 e. The van der Waals surface area contributed by atoms with Crippen LogP contribution in [-0.4, -0.2) is 28.4 Å². The molecule has 2 aliphatic rings. The molecule has 0 aromatic heterocycles. The van der Waals surface area contributed by atoms with Gasteiger partial charge < -0.3 is 10.4 Å². The van der Waals surface area contributed by atoms with Gasteiger partial charge in [0.1, 0.15) is 11.4 Å². The number of amides is 1. The van der Waals surface area contributed by atoms with E-state index < -0.39 is 11.5 Å². The number of carboxylic acids is 1. The van der Waals surface area contributed by atoms with Crippen molar-refractivity contribution in [1.82, 2.24) is 5.32 Å². The van der Waals surface area contributed by atoms with Gasteiger partial charge in [-0.05, 0) is 32.6 Å². The molecule has 0 saturated heterocycles. The summed E-state index contributed by atoms with van der Waals surface area (Å²) in [5, 5.41) is 11.7. The number of allylic oxidation sites excluding steroid dienone is 1. The van der Waals surface area contributed by atoms with Gasteiger partial charge in [0.25, 0.3) is 5.91 Å². The molecule has 19 heavy (non-hydrogen) atoms. The van der Waals surface area contributed by atoms with Crippen LogP contribution in [0.3, 0.4) is 0 Å². The van der Waals surface area contributed by atoms with E-state index >= 15 is 0 Å². The average Bonchev–Trinajstić information content (AvgIpc) is 2.68. The highest BCUT2D eigenvalue weighted by atomic mass is 16.4. The van der Waals surface area contributed by atoms with Gasteiger partial charge in [0.2, 0.25) is 0 Å². The lowest BCUT2D eigenvalue weighted by atomic mass is 9.76. The van der Waals surface area contributed by atoms with E-state index in [1.807, 2.05) is 6.92 Å². The molecule has 5 heteroatoms. The Morgan fingerprint density at radius 2 is 2.05 bits per heavy atom. The van der Waals surface area contributed by atoms with Crippen molar-refractivity contribution in [3.63, 3.8) is 0 Å². The lowest BCUT2D eigenvalue weighted by Crippen LogP contribution is -2.44. The van der Waals surface area contributed by atoms with Gasteiger partial charge >= 0.3 is 5.97 Å². The van der Waals surface area contributed by atoms with Gasteiger partial charge in [-0.15, -0.1) is 0 Å². The molecule has 1 amide bonds. The summed E-state index contributed by atoms with van der Waals surface area (Å²) in [6.07, 6.45) is 6.88. The molecule has 1 heterocycles. The number of nitrogens with one attached hydrogen (secondary N) is 1. The highest BCUT2D eigenvalue weighted by Crippen LogP contribution is 2.37. The topological polar surface area (TPSA) is 78.8 Å². The SMILES string of the molecule is C/C=C(\C(=O)O)C1=NC(C)(C2CCCCC2)C(=O)N1. The minimum atomic E-state index is -1.06. The first kappa shape index (κ1) is 13.8. The lowest BCUT2D eigenvalue weighted by Gasteiger charge is -2.32. The van der Waals surface area contributed by atoms with Crippen molar-refractivity contribution < 1.29 is 14.7 Å². The number of carboxylic acid groups (broad SMARTS) is 1. The van der Waals surface area contributed by atoms with E-state index in [9.17, 15) is 9.59 Å². The Labute approximate surface area is 112 Å². The van der Waals surface area contributed by atoms with E-state index in [2.05, 4.69) is 10.3 Å². The molecule has 0 spiro atoms. The molecule has 1 aliphatic heterocycles. The molecule has 0 bridgehead atoms. The van der Waals surface area contributed by atoms with Crippen LogP contribution in [0.25, 0.3) is 0 Å². The van der Waals surface area contributed by atoms with Crippen molar-refractivity contribution in [2.24, 2.45) is 10.9 Å². The molecule has 1 unspecified atom stereocenters. The van der Waals surface area contributed by atoms with E-state index in [-0.39, 0.29) is 23.2 Å². The molecule has 104 valence electrons. The fraction of sp³-hybridized carbons (Fsp3) is 0.643. The van der Waals surface area contributed by atoms with Crippen molar-refractivity contribution in [2.75, 3.05) is 0 Å². The van der Waals surface area contributed by atoms with Gasteiger partial charge in [0.05, 0.1) is 5.57 Å². The normalized spacial score (nSPS) is 29.1. The molecule has 0 radical (unpaired) electrons. The number of hydrogen-bond donors (Lipinski definition) is 2. The maximum Gasteiger partial charge on any atom is 0.339 e. The molecule has 1 aliphatic carbocycles. The Morgan fingerprint density at radius 1 is 1.42 bits per heavy atom. The predicted octanol–water partition coefficient (Wildman–Crippen LogP) is 1.88. The number of aliphatic carboxylic acids is 1. The minimum Gasteiger partial charge on any atom is -0.478 e. The van der Waals surface area contributed by atoms with Gasteiger partial charge in [-0.1, -0.05) is 25.3 Å². The summed E-state index contributed by atoms with van der Waals surface area (Å²) in [5.41, 5.74) is -0.743. The number of hydrogen-bond acceptors (Lipinski definition) is 3. The molecule has 0 aromatic carbocycles. The van der Waals surface area contributed by atoms with Crippen LogP contribution in [0.15, 0.2) is 16.6 Å². The fourth-order valence-electron chi connectivity index (χ4n) is 2.98. The summed E-state index contributed by atoms with van der Waals surface area (Å²) >= 11 is 0. The highest BCUT2D eigenvalue weighted by molar-refractivity contribution is 6.25. The molecule has 1 saturated carbocycles. The zero-order chi connectivity index (χ0) is 14.0. The van der Waals surface area contributed by atoms with Crippen LogP contribution in [0.4, 0.5) is 0 Å². The van der Waals surface area contributed by atoms with E-state index in [0.29, 0.717) is 0 Å². The number of carbonyl (C=O) groups is 2. The molecular weight excluding hydrogens is 244 g/mol. The zero-order valence-corrected chi connectivity index (χ0v) is 11.4. The average molecular weight is 264 g/mol. The standard InChI is InChI=1S/C14H20N2O3/c1-3-10(12(17)18)11-15-13(19)14(2,16-11)9-7-5-4-6-8-9/h3,9H,4-8H2,1-2H3,(H,17,18)(H,15,16,19)/b10-3-. The summed E-state index contributed by atoms with van der Waals surface area (Å²) in [7, 11) is 0. The summed E-state index contributed by atoms with van der Waals surface area (Å²) in [5.74, 6) is -0.817. The van der Waals surface area contributed by atoms with Crippen LogP contribution in [0, 0.1) is 5.92 Å². The summed E-state index contributed by atoms with van der Waals surface area (Å²) < 4.78 is 0. The Balaban J connectivity index is 2.28. The van der Waals surface area contributed by atoms with Crippen molar-refractivity contribution in [3.05, 3.63) is 11.6 Å². The van der Waals surface area contributed by atoms with Crippen LogP contribution in [-0.2, 0) is 9.59 Å². The number of amidine groups is 1. The third kappa shape index (κ3) is 2.41. The second-order valence-corrected chi connectivity index (χ2v) is 5.40. The van der Waals surface area contributed by atoms with E-state index in [1.165, 1.54) is 12.5 Å². The number of nitrogens with zero attached hydrogens (tertiary/aromatic N) is 1. The number of rotatable bonds is 3. The number of aliphatic imine (C=N–C) groups is 1. The Kier molecular flexibility index (Phi) is 3.73. The van der Waals surface area contributed by atoms with Crippen molar-refractivity contribution in [1.29, 1.82) is 0 Å². The summed E-state index contributed by atoms with van der Waals surface area (Å²) in [6, 6.07) is 0. The molecule has 0 aromatic rings. The van der Waals surface area contributed by atoms with Crippen LogP contribution >= 0.6 is 0 Å². The lowest BCUT2D eigenvalue weighted by molar-refractivity contribution is -0.132. The smallest absolute Gasteiger partial charge is 0.339 e. The molecular formula is C14H20N2O3. The predicted molar refractivity (Wildman–Crippen MR) is 72.0 cm³/mol. The van der Waals surface area contributed by atoms with E-state index in [0.717, 1.165) is 25.7 Å². The van der Waals surface area contributed by atoms with Gasteiger partial charge in [-0.3, -0.25) is 9.79 Å². The van der Waals surface area contributed by atoms with Gasteiger partial charge in [-0.2, -0.15) is 0 Å². The van der Waals surface area contributed by atoms with E-state index in [1.54, 1.807) is 6.92 Å². The number of carbonyl (C=O) groups excluding carboxylic acids is 1. The first-order valence-electron chi connectivity index (χ1n) is 6.80. The quantitative estimate of drug-likeness (QED) is 0.764. The van der Waals surface area contributed by atoms with Crippen LogP contribution < -0.4 is 5.32 Å².